The van der Waals surface area contributed by atoms with Crippen LogP contribution in [-0.2, 0) is 29.3 Å². The lowest BCUT2D eigenvalue weighted by atomic mass is 9.98. The molecule has 0 aliphatic carbocycles. The van der Waals surface area contributed by atoms with E-state index < -0.39 is 30.6 Å². The minimum absolute atomic E-state index is 0.191. The van der Waals surface area contributed by atoms with E-state index in [0.29, 0.717) is 42.8 Å². The Labute approximate surface area is 218 Å². The maximum absolute atomic E-state index is 13.0. The van der Waals surface area contributed by atoms with E-state index in [2.05, 4.69) is 5.32 Å². The predicted octanol–water partition coefficient (Wildman–Crippen LogP) is 4.33. The lowest BCUT2D eigenvalue weighted by molar-refractivity contribution is -0.150. The Morgan fingerprint density at radius 2 is 1.74 bits per heavy atom. The first-order valence-corrected chi connectivity index (χ1v) is 13.0. The van der Waals surface area contributed by atoms with Gasteiger partial charge in [0.25, 0.3) is 5.91 Å². The number of alkyl halides is 3. The first-order chi connectivity index (χ1) is 18.2. The maximum atomic E-state index is 13.0. The van der Waals surface area contributed by atoms with Gasteiger partial charge in [0.05, 0.1) is 13.0 Å². The van der Waals surface area contributed by atoms with Gasteiger partial charge in [-0.15, -0.1) is 0 Å². The molecule has 0 spiro atoms. The van der Waals surface area contributed by atoms with Crippen molar-refractivity contribution in [2.75, 3.05) is 6.54 Å². The molecule has 5 rings (SSSR count). The highest BCUT2D eigenvalue weighted by atomic mass is 19.4. The Bertz CT molecular complexity index is 1210. The Balaban J connectivity index is 1.21. The number of ether oxygens (including phenoxy) is 1. The third kappa shape index (κ3) is 5.85. The number of likely N-dealkylation sites (tertiary alicyclic amines) is 1. The number of imide groups is 1. The van der Waals surface area contributed by atoms with Crippen LogP contribution in [0.1, 0.15) is 65.6 Å². The van der Waals surface area contributed by atoms with E-state index in [4.69, 9.17) is 4.74 Å². The van der Waals surface area contributed by atoms with Crippen molar-refractivity contribution in [1.82, 2.24) is 15.1 Å². The second-order valence-corrected chi connectivity index (χ2v) is 10.2. The SMILES string of the molecule is O=C1CCC(N2Cc3c(OCc4ccc(CN5CCCCC5CC(F)(F)F)cc4)cccc3C2=O)C(=O)N1. The highest BCUT2D eigenvalue weighted by Gasteiger charge is 2.40. The molecule has 0 radical (unpaired) electrons. The number of benzene rings is 2. The second-order valence-electron chi connectivity index (χ2n) is 10.2. The van der Waals surface area contributed by atoms with Crippen molar-refractivity contribution in [3.8, 4) is 5.75 Å². The van der Waals surface area contributed by atoms with Crippen LogP contribution >= 0.6 is 0 Å². The van der Waals surface area contributed by atoms with Crippen LogP contribution in [0.15, 0.2) is 42.5 Å². The van der Waals surface area contributed by atoms with Gasteiger partial charge in [-0.1, -0.05) is 36.8 Å². The number of carbonyl (C=O) groups excluding carboxylic acids is 3. The van der Waals surface area contributed by atoms with Crippen LogP contribution in [0.5, 0.6) is 5.75 Å². The van der Waals surface area contributed by atoms with Crippen LogP contribution in [0.4, 0.5) is 13.2 Å². The number of fused-ring (bicyclic) bond motifs is 1. The third-order valence-electron chi connectivity index (χ3n) is 7.56. The lowest BCUT2D eigenvalue weighted by Crippen LogP contribution is -2.52. The monoisotopic (exact) mass is 529 g/mol. The fourth-order valence-electron chi connectivity index (χ4n) is 5.60. The van der Waals surface area contributed by atoms with Crippen LogP contribution in [0.2, 0.25) is 0 Å². The average Bonchev–Trinajstić information content (AvgIpc) is 3.21. The number of nitrogens with zero attached hydrogens (tertiary/aromatic N) is 2. The zero-order valence-electron chi connectivity index (χ0n) is 20.9. The van der Waals surface area contributed by atoms with Crippen LogP contribution in [0.25, 0.3) is 0 Å². The number of carbonyl (C=O) groups is 3. The molecule has 0 saturated carbocycles. The van der Waals surface area contributed by atoms with Gasteiger partial charge >= 0.3 is 6.18 Å². The maximum Gasteiger partial charge on any atom is 0.390 e. The number of piperidine rings is 2. The molecule has 10 heteroatoms. The summed E-state index contributed by atoms with van der Waals surface area (Å²) in [6, 6.07) is 11.7. The van der Waals surface area contributed by atoms with E-state index in [0.717, 1.165) is 24.0 Å². The van der Waals surface area contributed by atoms with Crippen LogP contribution in [0, 0.1) is 0 Å². The standard InChI is InChI=1S/C28H30F3N3O4/c29-28(30,31)14-20-4-1-2-13-33(20)15-18-7-9-19(10-8-18)17-38-24-6-3-5-21-22(24)16-34(27(21)37)23-11-12-25(35)32-26(23)36/h3,5-10,20,23H,1-2,4,11-17H2,(H,32,35,36). The van der Waals surface area contributed by atoms with Crippen molar-refractivity contribution in [1.29, 1.82) is 0 Å². The molecule has 3 aliphatic heterocycles. The molecule has 38 heavy (non-hydrogen) atoms. The molecule has 2 unspecified atom stereocenters. The summed E-state index contributed by atoms with van der Waals surface area (Å²) < 4.78 is 45.0. The normalized spacial score (nSPS) is 22.4. The van der Waals surface area contributed by atoms with E-state index in [1.807, 2.05) is 29.2 Å². The van der Waals surface area contributed by atoms with Crippen molar-refractivity contribution < 1.29 is 32.3 Å². The van der Waals surface area contributed by atoms with Crippen LogP contribution < -0.4 is 10.1 Å². The molecule has 3 aliphatic rings. The number of hydrogen-bond acceptors (Lipinski definition) is 5. The van der Waals surface area contributed by atoms with Crippen molar-refractivity contribution in [3.05, 3.63) is 64.7 Å². The molecule has 2 aromatic rings. The number of hydrogen-bond donors (Lipinski definition) is 1. The largest absolute Gasteiger partial charge is 0.489 e. The molecule has 3 amide bonds. The van der Waals surface area contributed by atoms with Gasteiger partial charge in [0, 0.05) is 30.1 Å². The Hall–Kier alpha value is -3.40. The fraction of sp³-hybridized carbons (Fsp3) is 0.464. The molecule has 7 nitrogen and oxygen atoms in total. The van der Waals surface area contributed by atoms with E-state index >= 15 is 0 Å². The number of rotatable bonds is 7. The minimum atomic E-state index is -4.16. The average molecular weight is 530 g/mol. The molecule has 2 fully saturated rings. The van der Waals surface area contributed by atoms with Gasteiger partial charge in [-0.2, -0.15) is 13.2 Å². The summed E-state index contributed by atoms with van der Waals surface area (Å²) >= 11 is 0. The van der Waals surface area contributed by atoms with Gasteiger partial charge in [-0.05, 0) is 49.1 Å². The first-order valence-electron chi connectivity index (χ1n) is 13.0. The van der Waals surface area contributed by atoms with E-state index in [1.165, 1.54) is 4.90 Å². The first kappa shape index (κ1) is 26.2. The summed E-state index contributed by atoms with van der Waals surface area (Å²) in [5.41, 5.74) is 3.04. The lowest BCUT2D eigenvalue weighted by Gasteiger charge is -2.36. The van der Waals surface area contributed by atoms with Crippen molar-refractivity contribution in [3.63, 3.8) is 0 Å². The molecule has 0 bridgehead atoms. The molecular weight excluding hydrogens is 499 g/mol. The summed E-state index contributed by atoms with van der Waals surface area (Å²) in [4.78, 5) is 40.2. The van der Waals surface area contributed by atoms with Gasteiger partial charge in [0.15, 0.2) is 0 Å². The van der Waals surface area contributed by atoms with Crippen molar-refractivity contribution in [2.45, 2.75) is 76.5 Å². The van der Waals surface area contributed by atoms with Crippen molar-refractivity contribution >= 4 is 17.7 Å². The summed E-state index contributed by atoms with van der Waals surface area (Å²) in [6.45, 7) is 1.62. The van der Waals surface area contributed by atoms with Gasteiger partial charge in [-0.3, -0.25) is 24.6 Å². The predicted molar refractivity (Wildman–Crippen MR) is 132 cm³/mol. The Kier molecular flexibility index (Phi) is 7.43. The Morgan fingerprint density at radius 3 is 2.47 bits per heavy atom. The zero-order chi connectivity index (χ0) is 26.9. The van der Waals surface area contributed by atoms with Crippen LogP contribution in [0.3, 0.4) is 0 Å². The van der Waals surface area contributed by atoms with Gasteiger partial charge in [0.1, 0.15) is 18.4 Å². The number of halogens is 3. The molecule has 2 saturated heterocycles. The topological polar surface area (TPSA) is 79.0 Å². The number of nitrogens with one attached hydrogen (secondary N) is 1. The highest BCUT2D eigenvalue weighted by molar-refractivity contribution is 6.05. The van der Waals surface area contributed by atoms with E-state index in [9.17, 15) is 27.6 Å². The molecule has 202 valence electrons. The van der Waals surface area contributed by atoms with Gasteiger partial charge in [-0.25, -0.2) is 0 Å². The summed E-state index contributed by atoms with van der Waals surface area (Å²) in [6.07, 6.45) is -2.15. The van der Waals surface area contributed by atoms with Crippen molar-refractivity contribution in [2.24, 2.45) is 0 Å². The minimum Gasteiger partial charge on any atom is -0.489 e. The van der Waals surface area contributed by atoms with Gasteiger partial charge in [0.2, 0.25) is 11.8 Å². The molecule has 0 aromatic heterocycles. The quantitative estimate of drug-likeness (QED) is 0.540. The smallest absolute Gasteiger partial charge is 0.390 e. The highest BCUT2D eigenvalue weighted by Crippen LogP contribution is 2.34. The molecule has 2 atom stereocenters. The van der Waals surface area contributed by atoms with E-state index in [1.54, 1.807) is 18.2 Å². The molecule has 3 heterocycles. The summed E-state index contributed by atoms with van der Waals surface area (Å²) in [5.74, 6) is -0.495. The van der Waals surface area contributed by atoms with Gasteiger partial charge < -0.3 is 9.64 Å². The molecular formula is C28H30F3N3O4. The molecule has 2 aromatic carbocycles. The second kappa shape index (κ2) is 10.8. The van der Waals surface area contributed by atoms with Crippen LogP contribution in [-0.4, -0.2) is 52.3 Å². The Morgan fingerprint density at radius 1 is 0.974 bits per heavy atom. The molecule has 1 N–H and O–H groups in total. The fourth-order valence-corrected chi connectivity index (χ4v) is 5.60. The number of amides is 3. The summed E-state index contributed by atoms with van der Waals surface area (Å²) in [7, 11) is 0. The van der Waals surface area contributed by atoms with E-state index in [-0.39, 0.29) is 31.4 Å². The zero-order valence-corrected chi connectivity index (χ0v) is 20.9. The summed E-state index contributed by atoms with van der Waals surface area (Å²) in [5, 5.41) is 2.30. The third-order valence-corrected chi connectivity index (χ3v) is 7.56.